The lowest BCUT2D eigenvalue weighted by Crippen LogP contribution is -2.36. The predicted octanol–water partition coefficient (Wildman–Crippen LogP) is 2.28. The fourth-order valence-corrected chi connectivity index (χ4v) is 2.51. The van der Waals surface area contributed by atoms with Crippen LogP contribution in [0.1, 0.15) is 51.9 Å². The standard InChI is InChI=1S/C13H23NO3/c1-2-9-14(10-13(16)17)12(15)8-7-11-5-3-4-6-11/h11H,2-10H2,1H3,(H,16,17). The Morgan fingerprint density at radius 1 is 1.29 bits per heavy atom. The van der Waals surface area contributed by atoms with Gasteiger partial charge in [-0.3, -0.25) is 9.59 Å². The second-order valence-electron chi connectivity index (χ2n) is 4.90. The lowest BCUT2D eigenvalue weighted by Gasteiger charge is -2.20. The number of carboxylic acid groups (broad SMARTS) is 1. The Bertz CT molecular complexity index is 259. The molecule has 0 saturated heterocycles. The number of carbonyl (C=O) groups excluding carboxylic acids is 1. The minimum absolute atomic E-state index is 0.00106. The summed E-state index contributed by atoms with van der Waals surface area (Å²) in [6.45, 7) is 2.35. The van der Waals surface area contributed by atoms with Crippen LogP contribution >= 0.6 is 0 Å². The average Bonchev–Trinajstić information content (AvgIpc) is 2.77. The monoisotopic (exact) mass is 241 g/mol. The summed E-state index contributed by atoms with van der Waals surface area (Å²) in [7, 11) is 0. The van der Waals surface area contributed by atoms with Gasteiger partial charge in [-0.1, -0.05) is 32.6 Å². The molecule has 0 bridgehead atoms. The number of hydrogen-bond donors (Lipinski definition) is 1. The highest BCUT2D eigenvalue weighted by atomic mass is 16.4. The van der Waals surface area contributed by atoms with E-state index in [0.717, 1.165) is 12.8 Å². The van der Waals surface area contributed by atoms with Crippen molar-refractivity contribution < 1.29 is 14.7 Å². The van der Waals surface area contributed by atoms with Crippen molar-refractivity contribution in [1.29, 1.82) is 0 Å². The smallest absolute Gasteiger partial charge is 0.323 e. The number of carbonyl (C=O) groups is 2. The number of rotatable bonds is 7. The van der Waals surface area contributed by atoms with Crippen LogP contribution in [-0.4, -0.2) is 35.0 Å². The van der Waals surface area contributed by atoms with Crippen LogP contribution in [0.2, 0.25) is 0 Å². The maximum absolute atomic E-state index is 11.9. The van der Waals surface area contributed by atoms with E-state index >= 15 is 0 Å². The van der Waals surface area contributed by atoms with Crippen molar-refractivity contribution >= 4 is 11.9 Å². The summed E-state index contributed by atoms with van der Waals surface area (Å²) in [6, 6.07) is 0. The summed E-state index contributed by atoms with van der Waals surface area (Å²) in [6.07, 6.45) is 7.29. The third kappa shape index (κ3) is 5.20. The molecule has 0 heterocycles. The summed E-state index contributed by atoms with van der Waals surface area (Å²) in [5.74, 6) is -0.235. The highest BCUT2D eigenvalue weighted by molar-refractivity contribution is 5.81. The highest BCUT2D eigenvalue weighted by Gasteiger charge is 2.19. The molecule has 17 heavy (non-hydrogen) atoms. The van der Waals surface area contributed by atoms with Crippen LogP contribution in [0.4, 0.5) is 0 Å². The van der Waals surface area contributed by atoms with E-state index in [-0.39, 0.29) is 12.5 Å². The van der Waals surface area contributed by atoms with Gasteiger partial charge in [-0.2, -0.15) is 0 Å². The number of hydrogen-bond acceptors (Lipinski definition) is 2. The second kappa shape index (κ2) is 7.30. The molecule has 1 rings (SSSR count). The average molecular weight is 241 g/mol. The Hall–Kier alpha value is -1.06. The first kappa shape index (κ1) is 14.0. The number of nitrogens with zero attached hydrogens (tertiary/aromatic N) is 1. The van der Waals surface area contributed by atoms with Crippen molar-refractivity contribution in [3.8, 4) is 0 Å². The molecule has 98 valence electrons. The zero-order chi connectivity index (χ0) is 12.7. The van der Waals surface area contributed by atoms with Gasteiger partial charge in [-0.05, 0) is 18.8 Å². The van der Waals surface area contributed by atoms with E-state index in [1.54, 1.807) is 0 Å². The molecular formula is C13H23NO3. The Balaban J connectivity index is 2.32. The Labute approximate surface area is 103 Å². The molecule has 4 nitrogen and oxygen atoms in total. The van der Waals surface area contributed by atoms with E-state index in [4.69, 9.17) is 5.11 Å². The van der Waals surface area contributed by atoms with Crippen LogP contribution in [0.25, 0.3) is 0 Å². The highest BCUT2D eigenvalue weighted by Crippen LogP contribution is 2.28. The normalized spacial score (nSPS) is 16.1. The first-order chi connectivity index (χ1) is 8.13. The van der Waals surface area contributed by atoms with Gasteiger partial charge in [0.2, 0.25) is 5.91 Å². The molecule has 0 aliphatic heterocycles. The third-order valence-electron chi connectivity index (χ3n) is 3.41. The van der Waals surface area contributed by atoms with Crippen molar-refractivity contribution in [3.63, 3.8) is 0 Å². The summed E-state index contributed by atoms with van der Waals surface area (Å²) >= 11 is 0. The van der Waals surface area contributed by atoms with Crippen molar-refractivity contribution in [1.82, 2.24) is 4.90 Å². The Morgan fingerprint density at radius 2 is 1.94 bits per heavy atom. The lowest BCUT2D eigenvalue weighted by molar-refractivity contribution is -0.144. The molecule has 0 aromatic carbocycles. The molecule has 0 atom stereocenters. The van der Waals surface area contributed by atoms with Crippen molar-refractivity contribution in [2.45, 2.75) is 51.9 Å². The van der Waals surface area contributed by atoms with Crippen LogP contribution in [0.5, 0.6) is 0 Å². The fourth-order valence-electron chi connectivity index (χ4n) is 2.51. The van der Waals surface area contributed by atoms with Crippen LogP contribution in [0, 0.1) is 5.92 Å². The Kier molecular flexibility index (Phi) is 6.01. The summed E-state index contributed by atoms with van der Waals surface area (Å²) in [5, 5.41) is 8.75. The first-order valence-corrected chi connectivity index (χ1v) is 6.63. The van der Waals surface area contributed by atoms with Gasteiger partial charge < -0.3 is 10.0 Å². The quantitative estimate of drug-likeness (QED) is 0.744. The molecule has 0 radical (unpaired) electrons. The molecule has 1 aliphatic carbocycles. The van der Waals surface area contributed by atoms with Crippen LogP contribution in [-0.2, 0) is 9.59 Å². The summed E-state index contributed by atoms with van der Waals surface area (Å²) < 4.78 is 0. The zero-order valence-corrected chi connectivity index (χ0v) is 10.7. The molecule has 1 aliphatic rings. The van der Waals surface area contributed by atoms with Crippen molar-refractivity contribution in [2.24, 2.45) is 5.92 Å². The number of aliphatic carboxylic acids is 1. The van der Waals surface area contributed by atoms with Crippen LogP contribution in [0.15, 0.2) is 0 Å². The molecule has 0 aromatic heterocycles. The number of carboxylic acids is 1. The van der Waals surface area contributed by atoms with E-state index in [1.807, 2.05) is 6.92 Å². The topological polar surface area (TPSA) is 57.6 Å². The van der Waals surface area contributed by atoms with Gasteiger partial charge in [0.25, 0.3) is 0 Å². The third-order valence-corrected chi connectivity index (χ3v) is 3.41. The van der Waals surface area contributed by atoms with Crippen molar-refractivity contribution in [2.75, 3.05) is 13.1 Å². The van der Waals surface area contributed by atoms with Gasteiger partial charge in [0, 0.05) is 13.0 Å². The second-order valence-corrected chi connectivity index (χ2v) is 4.90. The molecule has 0 unspecified atom stereocenters. The summed E-state index contributed by atoms with van der Waals surface area (Å²) in [4.78, 5) is 24.0. The van der Waals surface area contributed by atoms with E-state index in [1.165, 1.54) is 30.6 Å². The molecule has 0 spiro atoms. The SMILES string of the molecule is CCCN(CC(=O)O)C(=O)CCC1CCCC1. The van der Waals surface area contributed by atoms with Gasteiger partial charge in [-0.25, -0.2) is 0 Å². The van der Waals surface area contributed by atoms with Gasteiger partial charge in [-0.15, -0.1) is 0 Å². The minimum atomic E-state index is -0.923. The van der Waals surface area contributed by atoms with Gasteiger partial charge >= 0.3 is 5.97 Å². The van der Waals surface area contributed by atoms with Crippen molar-refractivity contribution in [3.05, 3.63) is 0 Å². The van der Waals surface area contributed by atoms with Crippen LogP contribution in [0.3, 0.4) is 0 Å². The first-order valence-electron chi connectivity index (χ1n) is 6.63. The number of amides is 1. The maximum Gasteiger partial charge on any atom is 0.323 e. The molecule has 0 aromatic rings. The van der Waals surface area contributed by atoms with Gasteiger partial charge in [0.05, 0.1) is 0 Å². The lowest BCUT2D eigenvalue weighted by atomic mass is 10.0. The molecule has 1 N–H and O–H groups in total. The van der Waals surface area contributed by atoms with E-state index in [0.29, 0.717) is 18.9 Å². The van der Waals surface area contributed by atoms with E-state index < -0.39 is 5.97 Å². The largest absolute Gasteiger partial charge is 0.480 e. The van der Waals surface area contributed by atoms with Gasteiger partial charge in [0.15, 0.2) is 0 Å². The molecule has 1 fully saturated rings. The van der Waals surface area contributed by atoms with E-state index in [9.17, 15) is 9.59 Å². The zero-order valence-electron chi connectivity index (χ0n) is 10.7. The molecule has 1 saturated carbocycles. The summed E-state index contributed by atoms with van der Waals surface area (Å²) in [5.41, 5.74) is 0. The van der Waals surface area contributed by atoms with E-state index in [2.05, 4.69) is 0 Å². The predicted molar refractivity (Wildman–Crippen MR) is 65.7 cm³/mol. The maximum atomic E-state index is 11.9. The molecule has 1 amide bonds. The Morgan fingerprint density at radius 3 is 2.47 bits per heavy atom. The van der Waals surface area contributed by atoms with Gasteiger partial charge in [0.1, 0.15) is 6.54 Å². The fraction of sp³-hybridized carbons (Fsp3) is 0.846. The van der Waals surface area contributed by atoms with Crippen LogP contribution < -0.4 is 0 Å². The molecule has 4 heteroatoms. The molecular weight excluding hydrogens is 218 g/mol. The minimum Gasteiger partial charge on any atom is -0.480 e.